The van der Waals surface area contributed by atoms with Gasteiger partial charge < -0.3 is 10.2 Å². The first kappa shape index (κ1) is 9.67. The van der Waals surface area contributed by atoms with Gasteiger partial charge in [0.2, 0.25) is 0 Å². The second kappa shape index (κ2) is 3.49. The first-order chi connectivity index (χ1) is 7.29. The highest BCUT2D eigenvalue weighted by Crippen LogP contribution is 2.38. The third kappa shape index (κ3) is 1.58. The zero-order chi connectivity index (χ0) is 10.3. The van der Waals surface area contributed by atoms with Crippen LogP contribution in [0.2, 0.25) is 0 Å². The summed E-state index contributed by atoms with van der Waals surface area (Å²) in [6.45, 7) is 4.81. The molecule has 1 aromatic carbocycles. The minimum atomic E-state index is 0.579. The van der Waals surface area contributed by atoms with Gasteiger partial charge >= 0.3 is 0 Å². The molecule has 80 valence electrons. The van der Waals surface area contributed by atoms with Gasteiger partial charge in [0.15, 0.2) is 0 Å². The second-order valence-electron chi connectivity index (χ2n) is 4.73. The molecule has 1 spiro atoms. The number of para-hydroxylation sites is 1. The maximum Gasteiger partial charge on any atom is 0.0510 e. The summed E-state index contributed by atoms with van der Waals surface area (Å²) in [5, 5.41) is 3.39. The average Bonchev–Trinajstić information content (AvgIpc) is 2.63. The van der Waals surface area contributed by atoms with Crippen LogP contribution in [-0.2, 0) is 0 Å². The van der Waals surface area contributed by atoms with Crippen molar-refractivity contribution < 1.29 is 0 Å². The molecule has 3 heteroatoms. The Morgan fingerprint density at radius 2 is 2.07 bits per heavy atom. The number of hydrogen-bond donors (Lipinski definition) is 1. The van der Waals surface area contributed by atoms with E-state index in [1.807, 2.05) is 0 Å². The van der Waals surface area contributed by atoms with Crippen molar-refractivity contribution in [2.45, 2.75) is 6.42 Å². The Balaban J connectivity index is 1.82. The predicted molar refractivity (Wildman–Crippen MR) is 66.3 cm³/mol. The first-order valence-corrected chi connectivity index (χ1v) is 6.29. The van der Waals surface area contributed by atoms with Gasteiger partial charge in [-0.1, -0.05) is 12.1 Å². The van der Waals surface area contributed by atoms with E-state index in [2.05, 4.69) is 50.4 Å². The van der Waals surface area contributed by atoms with Gasteiger partial charge in [-0.2, -0.15) is 0 Å². The van der Waals surface area contributed by atoms with Gasteiger partial charge in [-0.15, -0.1) is 0 Å². The van der Waals surface area contributed by atoms with Crippen LogP contribution in [0.15, 0.2) is 28.7 Å². The summed E-state index contributed by atoms with van der Waals surface area (Å²) in [5.41, 5.74) is 1.93. The van der Waals surface area contributed by atoms with Crippen LogP contribution >= 0.6 is 15.9 Å². The molecule has 2 heterocycles. The summed E-state index contributed by atoms with van der Waals surface area (Å²) in [6.07, 6.45) is 1.33. The van der Waals surface area contributed by atoms with Crippen molar-refractivity contribution in [1.29, 1.82) is 0 Å². The topological polar surface area (TPSA) is 15.3 Å². The summed E-state index contributed by atoms with van der Waals surface area (Å²) in [4.78, 5) is 2.50. The van der Waals surface area contributed by atoms with E-state index < -0.39 is 0 Å². The van der Waals surface area contributed by atoms with Crippen LogP contribution in [0.25, 0.3) is 0 Å². The predicted octanol–water partition coefficient (Wildman–Crippen LogP) is 2.25. The summed E-state index contributed by atoms with van der Waals surface area (Å²) < 4.78 is 1.22. The van der Waals surface area contributed by atoms with Crippen molar-refractivity contribution in [3.63, 3.8) is 0 Å². The van der Waals surface area contributed by atoms with Crippen molar-refractivity contribution in [3.05, 3.63) is 28.7 Å². The SMILES string of the molecule is Brc1ccccc1N1CCC2(CNC2)C1. The summed E-state index contributed by atoms with van der Waals surface area (Å²) in [7, 11) is 0. The molecule has 0 radical (unpaired) electrons. The summed E-state index contributed by atoms with van der Waals surface area (Å²) in [5.74, 6) is 0. The van der Waals surface area contributed by atoms with E-state index in [-0.39, 0.29) is 0 Å². The number of anilines is 1. The van der Waals surface area contributed by atoms with Gasteiger partial charge in [-0.05, 0) is 34.5 Å². The molecule has 2 nitrogen and oxygen atoms in total. The number of nitrogens with one attached hydrogen (secondary N) is 1. The van der Waals surface area contributed by atoms with E-state index in [1.54, 1.807) is 0 Å². The van der Waals surface area contributed by atoms with E-state index in [0.717, 1.165) is 0 Å². The number of benzene rings is 1. The molecule has 1 aromatic rings. The molecule has 1 N–H and O–H groups in total. The maximum absolute atomic E-state index is 3.63. The zero-order valence-electron chi connectivity index (χ0n) is 8.67. The maximum atomic E-state index is 3.63. The molecular weight excluding hydrogens is 252 g/mol. The van der Waals surface area contributed by atoms with Crippen molar-refractivity contribution in [2.75, 3.05) is 31.1 Å². The zero-order valence-corrected chi connectivity index (χ0v) is 10.3. The Kier molecular flexibility index (Phi) is 2.25. The number of hydrogen-bond acceptors (Lipinski definition) is 2. The molecule has 0 unspecified atom stereocenters. The summed E-state index contributed by atoms with van der Waals surface area (Å²) in [6, 6.07) is 8.52. The Labute approximate surface area is 98.8 Å². The Morgan fingerprint density at radius 3 is 2.67 bits per heavy atom. The molecule has 0 bridgehead atoms. The van der Waals surface area contributed by atoms with Gasteiger partial charge in [0.05, 0.1) is 5.69 Å². The number of halogens is 1. The van der Waals surface area contributed by atoms with Gasteiger partial charge in [0.25, 0.3) is 0 Å². The molecule has 0 amide bonds. The van der Waals surface area contributed by atoms with Crippen LogP contribution in [-0.4, -0.2) is 26.2 Å². The molecule has 0 aromatic heterocycles. The highest BCUT2D eigenvalue weighted by Gasteiger charge is 2.43. The van der Waals surface area contributed by atoms with E-state index in [4.69, 9.17) is 0 Å². The quantitative estimate of drug-likeness (QED) is 0.839. The standard InChI is InChI=1S/C12H15BrN2/c13-10-3-1-2-4-11(10)15-6-5-12(9-15)7-14-8-12/h1-4,14H,5-9H2. The molecule has 0 saturated carbocycles. The van der Waals surface area contributed by atoms with E-state index in [1.165, 1.54) is 42.8 Å². The fraction of sp³-hybridized carbons (Fsp3) is 0.500. The molecule has 2 fully saturated rings. The van der Waals surface area contributed by atoms with Gasteiger partial charge in [-0.3, -0.25) is 0 Å². The van der Waals surface area contributed by atoms with Crippen LogP contribution in [0, 0.1) is 5.41 Å². The van der Waals surface area contributed by atoms with Crippen molar-refractivity contribution >= 4 is 21.6 Å². The lowest BCUT2D eigenvalue weighted by molar-refractivity contribution is 0.200. The molecule has 15 heavy (non-hydrogen) atoms. The van der Waals surface area contributed by atoms with Crippen LogP contribution in [0.3, 0.4) is 0 Å². The molecule has 2 saturated heterocycles. The number of rotatable bonds is 1. The lowest BCUT2D eigenvalue weighted by atomic mass is 9.81. The third-order valence-electron chi connectivity index (χ3n) is 3.63. The van der Waals surface area contributed by atoms with Gasteiger partial charge in [0.1, 0.15) is 0 Å². The molecule has 0 aliphatic carbocycles. The number of nitrogens with zero attached hydrogens (tertiary/aromatic N) is 1. The highest BCUT2D eigenvalue weighted by atomic mass is 79.9. The van der Waals surface area contributed by atoms with E-state index in [9.17, 15) is 0 Å². The Hall–Kier alpha value is -0.540. The van der Waals surface area contributed by atoms with Gasteiger partial charge in [0, 0.05) is 36.1 Å². The van der Waals surface area contributed by atoms with Crippen LogP contribution < -0.4 is 10.2 Å². The smallest absolute Gasteiger partial charge is 0.0510 e. The minimum Gasteiger partial charge on any atom is -0.370 e. The Bertz CT molecular complexity index is 374. The second-order valence-corrected chi connectivity index (χ2v) is 5.58. The lowest BCUT2D eigenvalue weighted by Crippen LogP contribution is -2.54. The van der Waals surface area contributed by atoms with Crippen LogP contribution in [0.1, 0.15) is 6.42 Å². The fourth-order valence-electron chi connectivity index (χ4n) is 2.62. The van der Waals surface area contributed by atoms with E-state index >= 15 is 0 Å². The Morgan fingerprint density at radius 1 is 1.27 bits per heavy atom. The van der Waals surface area contributed by atoms with Crippen LogP contribution in [0.4, 0.5) is 5.69 Å². The van der Waals surface area contributed by atoms with Crippen molar-refractivity contribution in [3.8, 4) is 0 Å². The molecule has 2 aliphatic rings. The lowest BCUT2D eigenvalue weighted by Gasteiger charge is -2.39. The molecule has 3 rings (SSSR count). The molecule has 0 atom stereocenters. The summed E-state index contributed by atoms with van der Waals surface area (Å²) >= 11 is 3.63. The monoisotopic (exact) mass is 266 g/mol. The molecule has 2 aliphatic heterocycles. The van der Waals surface area contributed by atoms with Gasteiger partial charge in [-0.25, -0.2) is 0 Å². The molecular formula is C12H15BrN2. The average molecular weight is 267 g/mol. The third-order valence-corrected chi connectivity index (χ3v) is 4.30. The largest absolute Gasteiger partial charge is 0.370 e. The van der Waals surface area contributed by atoms with E-state index in [0.29, 0.717) is 5.41 Å². The van der Waals surface area contributed by atoms with Crippen molar-refractivity contribution in [1.82, 2.24) is 5.32 Å². The van der Waals surface area contributed by atoms with Crippen LogP contribution in [0.5, 0.6) is 0 Å². The highest BCUT2D eigenvalue weighted by molar-refractivity contribution is 9.10. The fourth-order valence-corrected chi connectivity index (χ4v) is 3.15. The minimum absolute atomic E-state index is 0.579. The van der Waals surface area contributed by atoms with Crippen molar-refractivity contribution in [2.24, 2.45) is 5.41 Å². The normalized spacial score (nSPS) is 23.1. The first-order valence-electron chi connectivity index (χ1n) is 5.49.